The monoisotopic (exact) mass is 316 g/mol. The zero-order valence-electron chi connectivity index (χ0n) is 9.64. The van der Waals surface area contributed by atoms with Gasteiger partial charge in [-0.2, -0.15) is 9.98 Å². The van der Waals surface area contributed by atoms with Crippen LogP contribution in [0.25, 0.3) is 0 Å². The Kier molecular flexibility index (Phi) is 4.34. The van der Waals surface area contributed by atoms with Crippen molar-refractivity contribution in [1.82, 2.24) is 0 Å². The largest absolute Gasteiger partial charge is 0.370 e. The fourth-order valence-electron chi connectivity index (χ4n) is 1.60. The van der Waals surface area contributed by atoms with Crippen LogP contribution < -0.4 is 11.5 Å². The Morgan fingerprint density at radius 3 is 2.53 bits per heavy atom. The first-order valence-corrected chi connectivity index (χ1v) is 6.91. The van der Waals surface area contributed by atoms with Crippen molar-refractivity contribution in [3.8, 4) is 0 Å². The molecule has 0 bridgehead atoms. The molecule has 1 aromatic rings. The molecule has 4 N–H and O–H groups in total. The van der Waals surface area contributed by atoms with Crippen molar-refractivity contribution in [3.63, 3.8) is 0 Å². The van der Waals surface area contributed by atoms with Gasteiger partial charge in [0.15, 0.2) is 11.1 Å². The molecule has 5 nitrogen and oxygen atoms in total. The van der Waals surface area contributed by atoms with E-state index in [1.807, 2.05) is 0 Å². The summed E-state index contributed by atoms with van der Waals surface area (Å²) in [6.45, 7) is 0. The van der Waals surface area contributed by atoms with Crippen LogP contribution in [0.2, 0.25) is 10.0 Å². The minimum Gasteiger partial charge on any atom is -0.370 e. The van der Waals surface area contributed by atoms with Gasteiger partial charge in [0.2, 0.25) is 0 Å². The molecule has 0 fully saturated rings. The van der Waals surface area contributed by atoms with Crippen LogP contribution in [-0.4, -0.2) is 22.3 Å². The van der Waals surface area contributed by atoms with Gasteiger partial charge in [0.25, 0.3) is 5.91 Å². The third kappa shape index (κ3) is 3.86. The van der Waals surface area contributed by atoms with Gasteiger partial charge in [0.05, 0.1) is 5.25 Å². The van der Waals surface area contributed by atoms with Crippen molar-refractivity contribution in [2.24, 2.45) is 21.5 Å². The molecule has 1 atom stereocenters. The first-order chi connectivity index (χ1) is 8.94. The lowest BCUT2D eigenvalue weighted by Gasteiger charge is -2.07. The molecule has 0 aromatic heterocycles. The summed E-state index contributed by atoms with van der Waals surface area (Å²) in [5, 5.41) is 0.988. The van der Waals surface area contributed by atoms with Gasteiger partial charge in [-0.15, -0.1) is 0 Å². The molecule has 0 spiro atoms. The van der Waals surface area contributed by atoms with E-state index < -0.39 is 0 Å². The third-order valence-corrected chi connectivity index (χ3v) is 3.78. The molecule has 100 valence electrons. The van der Waals surface area contributed by atoms with E-state index in [2.05, 4.69) is 9.98 Å². The van der Waals surface area contributed by atoms with Crippen LogP contribution in [0.1, 0.15) is 5.56 Å². The van der Waals surface area contributed by atoms with Crippen molar-refractivity contribution >= 4 is 52.0 Å². The van der Waals surface area contributed by atoms with E-state index in [-0.39, 0.29) is 22.3 Å². The molecule has 0 saturated heterocycles. The number of benzene rings is 1. The lowest BCUT2D eigenvalue weighted by molar-refractivity contribution is -0.117. The van der Waals surface area contributed by atoms with Crippen molar-refractivity contribution < 1.29 is 4.79 Å². The first-order valence-electron chi connectivity index (χ1n) is 5.28. The quantitative estimate of drug-likeness (QED) is 0.642. The van der Waals surface area contributed by atoms with E-state index in [0.29, 0.717) is 16.5 Å². The summed E-state index contributed by atoms with van der Waals surface area (Å²) in [5.41, 5.74) is 11.4. The molecule has 0 saturated carbocycles. The molecule has 2 rings (SSSR count). The third-order valence-electron chi connectivity index (χ3n) is 2.30. The highest BCUT2D eigenvalue weighted by Crippen LogP contribution is 2.28. The van der Waals surface area contributed by atoms with Gasteiger partial charge in [-0.3, -0.25) is 4.79 Å². The molecular weight excluding hydrogens is 307 g/mol. The van der Waals surface area contributed by atoms with Crippen molar-refractivity contribution in [1.29, 1.82) is 0 Å². The van der Waals surface area contributed by atoms with Crippen LogP contribution in [0.3, 0.4) is 0 Å². The first kappa shape index (κ1) is 14.2. The number of nitrogens with two attached hydrogens (primary N) is 2. The van der Waals surface area contributed by atoms with E-state index >= 15 is 0 Å². The number of amides is 1. The molecule has 1 amide bonds. The molecule has 19 heavy (non-hydrogen) atoms. The average Bonchev–Trinajstić information content (AvgIpc) is 2.56. The van der Waals surface area contributed by atoms with E-state index in [1.165, 1.54) is 11.8 Å². The number of amidine groups is 1. The summed E-state index contributed by atoms with van der Waals surface area (Å²) >= 11 is 13.0. The lowest BCUT2D eigenvalue weighted by atomic mass is 10.1. The molecule has 1 heterocycles. The number of thioether (sulfide) groups is 1. The standard InChI is InChI=1S/C11H10Cl2N4OS/c12-6-1-5(2-7(13)4-6)3-8-9(18)16-11(19-8)17-10(14)15/h1-2,4,8H,3H2,(H4,14,15,16,17,18). The summed E-state index contributed by atoms with van der Waals surface area (Å²) in [7, 11) is 0. The average molecular weight is 317 g/mol. The van der Waals surface area contributed by atoms with Crippen LogP contribution in [0.15, 0.2) is 28.2 Å². The van der Waals surface area contributed by atoms with Crippen LogP contribution in [0.4, 0.5) is 0 Å². The summed E-state index contributed by atoms with van der Waals surface area (Å²) in [5.74, 6) is -0.383. The topological polar surface area (TPSA) is 93.8 Å². The highest BCUT2D eigenvalue weighted by Gasteiger charge is 2.28. The van der Waals surface area contributed by atoms with Crippen LogP contribution in [0, 0.1) is 0 Å². The number of aliphatic imine (C=N–C) groups is 2. The summed E-state index contributed by atoms with van der Waals surface area (Å²) in [6.07, 6.45) is 0.469. The number of carbonyl (C=O) groups excluding carboxylic acids is 1. The highest BCUT2D eigenvalue weighted by molar-refractivity contribution is 8.15. The Morgan fingerprint density at radius 1 is 1.32 bits per heavy atom. The second-order valence-electron chi connectivity index (χ2n) is 3.86. The number of nitrogens with zero attached hydrogens (tertiary/aromatic N) is 2. The number of carbonyl (C=O) groups is 1. The van der Waals surface area contributed by atoms with Gasteiger partial charge in [-0.1, -0.05) is 35.0 Å². The Morgan fingerprint density at radius 2 is 1.95 bits per heavy atom. The Labute approximate surface area is 124 Å². The Bertz CT molecular complexity index is 564. The number of guanidine groups is 1. The van der Waals surface area contributed by atoms with E-state index in [1.54, 1.807) is 18.2 Å². The lowest BCUT2D eigenvalue weighted by Crippen LogP contribution is -2.23. The molecule has 1 aromatic carbocycles. The number of rotatable bonds is 2. The van der Waals surface area contributed by atoms with E-state index in [9.17, 15) is 4.79 Å². The zero-order chi connectivity index (χ0) is 14.0. The second-order valence-corrected chi connectivity index (χ2v) is 5.90. The van der Waals surface area contributed by atoms with Crippen LogP contribution in [0.5, 0.6) is 0 Å². The molecule has 1 aliphatic heterocycles. The molecule has 0 aliphatic carbocycles. The van der Waals surface area contributed by atoms with Gasteiger partial charge in [-0.05, 0) is 30.2 Å². The molecule has 0 radical (unpaired) electrons. The fraction of sp³-hybridized carbons (Fsp3) is 0.182. The van der Waals surface area contributed by atoms with Gasteiger partial charge in [-0.25, -0.2) is 0 Å². The van der Waals surface area contributed by atoms with E-state index in [4.69, 9.17) is 34.7 Å². The summed E-state index contributed by atoms with van der Waals surface area (Å²) < 4.78 is 0. The maximum absolute atomic E-state index is 11.7. The molecule has 1 unspecified atom stereocenters. The molecular formula is C11H10Cl2N4OS. The number of hydrogen-bond donors (Lipinski definition) is 2. The molecule has 8 heteroatoms. The fourth-order valence-corrected chi connectivity index (χ4v) is 3.16. The molecule has 1 aliphatic rings. The predicted octanol–water partition coefficient (Wildman–Crippen LogP) is 1.81. The summed E-state index contributed by atoms with van der Waals surface area (Å²) in [6, 6.07) is 5.16. The number of hydrogen-bond acceptors (Lipinski definition) is 3. The van der Waals surface area contributed by atoms with Crippen molar-refractivity contribution in [3.05, 3.63) is 33.8 Å². The van der Waals surface area contributed by atoms with Gasteiger partial charge in [0.1, 0.15) is 0 Å². The Balaban J connectivity index is 2.10. The minimum atomic E-state index is -0.354. The minimum absolute atomic E-state index is 0.120. The SMILES string of the molecule is NC(N)=NC1=NC(=O)C(Cc2cc(Cl)cc(Cl)c2)S1. The van der Waals surface area contributed by atoms with Crippen molar-refractivity contribution in [2.45, 2.75) is 11.7 Å². The van der Waals surface area contributed by atoms with Crippen molar-refractivity contribution in [2.75, 3.05) is 0 Å². The van der Waals surface area contributed by atoms with Gasteiger partial charge < -0.3 is 11.5 Å². The maximum atomic E-state index is 11.7. The Hall–Kier alpha value is -1.24. The van der Waals surface area contributed by atoms with E-state index in [0.717, 1.165) is 5.56 Å². The normalized spacial score (nSPS) is 18.3. The summed E-state index contributed by atoms with van der Waals surface area (Å²) in [4.78, 5) is 19.3. The predicted molar refractivity (Wildman–Crippen MR) is 79.8 cm³/mol. The van der Waals surface area contributed by atoms with Crippen LogP contribution >= 0.6 is 35.0 Å². The maximum Gasteiger partial charge on any atom is 0.262 e. The smallest absolute Gasteiger partial charge is 0.262 e. The number of halogens is 2. The zero-order valence-corrected chi connectivity index (χ0v) is 12.0. The second kappa shape index (κ2) is 5.81. The van der Waals surface area contributed by atoms with Gasteiger partial charge >= 0.3 is 0 Å². The van der Waals surface area contributed by atoms with Gasteiger partial charge in [0, 0.05) is 10.0 Å². The van der Waals surface area contributed by atoms with Crippen LogP contribution in [-0.2, 0) is 11.2 Å². The highest BCUT2D eigenvalue weighted by atomic mass is 35.5.